The molecule has 0 amide bonds. The molecule has 0 saturated heterocycles. The molecule has 0 aliphatic heterocycles. The first-order valence-electron chi connectivity index (χ1n) is 5.68. The molecule has 0 aliphatic rings. The molecule has 15 heavy (non-hydrogen) atoms. The Balaban J connectivity index is 2.23. The van der Waals surface area contributed by atoms with Gasteiger partial charge < -0.3 is 5.73 Å². The zero-order valence-electron chi connectivity index (χ0n) is 9.45. The fourth-order valence-electron chi connectivity index (χ4n) is 1.38. The number of nitrogens with two attached hydrogens (primary N) is 1. The Hall–Kier alpha value is -1.31. The summed E-state index contributed by atoms with van der Waals surface area (Å²) < 4.78 is 0. The van der Waals surface area contributed by atoms with Crippen LogP contribution in [0.25, 0.3) is 0 Å². The molecule has 0 fully saturated rings. The molecule has 2 N–H and O–H groups in total. The zero-order valence-corrected chi connectivity index (χ0v) is 9.45. The largest absolute Gasteiger partial charge is 0.399 e. The van der Waals surface area contributed by atoms with Crippen molar-refractivity contribution >= 4 is 11.9 Å². The van der Waals surface area contributed by atoms with E-state index in [1.54, 1.807) is 0 Å². The van der Waals surface area contributed by atoms with Gasteiger partial charge in [-0.15, -0.1) is 0 Å². The smallest absolute Gasteiger partial charge is 0.0389 e. The highest BCUT2D eigenvalue weighted by Gasteiger charge is 1.88. The standard InChI is InChI=1S/C13H20N2/c1-2-3-4-5-10-15-11-12-6-8-13(14)9-7-12/h6-9,11H,2-5,10,14H2,1H3. The van der Waals surface area contributed by atoms with Gasteiger partial charge in [-0.05, 0) is 24.1 Å². The fourth-order valence-corrected chi connectivity index (χ4v) is 1.38. The molecule has 2 nitrogen and oxygen atoms in total. The van der Waals surface area contributed by atoms with E-state index in [0.717, 1.165) is 17.8 Å². The van der Waals surface area contributed by atoms with Crippen molar-refractivity contribution in [2.45, 2.75) is 32.6 Å². The van der Waals surface area contributed by atoms with Crippen molar-refractivity contribution in [2.75, 3.05) is 12.3 Å². The van der Waals surface area contributed by atoms with E-state index >= 15 is 0 Å². The van der Waals surface area contributed by atoms with E-state index in [-0.39, 0.29) is 0 Å². The molecule has 0 unspecified atom stereocenters. The highest BCUT2D eigenvalue weighted by Crippen LogP contribution is 2.03. The van der Waals surface area contributed by atoms with Crippen LogP contribution in [0.3, 0.4) is 0 Å². The van der Waals surface area contributed by atoms with E-state index in [1.807, 2.05) is 30.5 Å². The lowest BCUT2D eigenvalue weighted by molar-refractivity contribution is 0.676. The maximum absolute atomic E-state index is 5.59. The molecule has 0 radical (unpaired) electrons. The molecule has 2 heteroatoms. The fraction of sp³-hybridized carbons (Fsp3) is 0.462. The van der Waals surface area contributed by atoms with Crippen molar-refractivity contribution in [3.05, 3.63) is 29.8 Å². The van der Waals surface area contributed by atoms with E-state index < -0.39 is 0 Å². The first kappa shape index (κ1) is 11.8. The lowest BCUT2D eigenvalue weighted by Gasteiger charge is -1.96. The summed E-state index contributed by atoms with van der Waals surface area (Å²) in [5, 5.41) is 0. The molecule has 1 aromatic carbocycles. The van der Waals surface area contributed by atoms with Crippen LogP contribution in [-0.4, -0.2) is 12.8 Å². The SMILES string of the molecule is CCCCCCN=Cc1ccc(N)cc1. The topological polar surface area (TPSA) is 38.4 Å². The predicted molar refractivity (Wildman–Crippen MR) is 67.5 cm³/mol. The van der Waals surface area contributed by atoms with Crippen molar-refractivity contribution in [3.63, 3.8) is 0 Å². The molecule has 0 aromatic heterocycles. The summed E-state index contributed by atoms with van der Waals surface area (Å²) in [5.41, 5.74) is 7.52. The summed E-state index contributed by atoms with van der Waals surface area (Å²) in [6.07, 6.45) is 7.00. The van der Waals surface area contributed by atoms with Gasteiger partial charge in [0.05, 0.1) is 0 Å². The summed E-state index contributed by atoms with van der Waals surface area (Å²) in [4.78, 5) is 4.38. The van der Waals surface area contributed by atoms with Crippen molar-refractivity contribution in [2.24, 2.45) is 4.99 Å². The van der Waals surface area contributed by atoms with Crippen molar-refractivity contribution in [1.29, 1.82) is 0 Å². The minimum Gasteiger partial charge on any atom is -0.399 e. The van der Waals surface area contributed by atoms with Gasteiger partial charge in [0.1, 0.15) is 0 Å². The molecular weight excluding hydrogens is 184 g/mol. The molecule has 82 valence electrons. The zero-order chi connectivity index (χ0) is 10.9. The second-order valence-corrected chi connectivity index (χ2v) is 3.76. The number of nitrogens with zero attached hydrogens (tertiary/aromatic N) is 1. The molecule has 0 spiro atoms. The van der Waals surface area contributed by atoms with Gasteiger partial charge in [0.25, 0.3) is 0 Å². The van der Waals surface area contributed by atoms with Crippen LogP contribution in [0.4, 0.5) is 5.69 Å². The Morgan fingerprint density at radius 2 is 1.87 bits per heavy atom. The predicted octanol–water partition coefficient (Wildman–Crippen LogP) is 3.27. The van der Waals surface area contributed by atoms with Crippen molar-refractivity contribution in [3.8, 4) is 0 Å². The molecule has 0 saturated carbocycles. The van der Waals surface area contributed by atoms with Gasteiger partial charge in [-0.1, -0.05) is 38.3 Å². The van der Waals surface area contributed by atoms with Crippen LogP contribution in [0.1, 0.15) is 38.2 Å². The first-order chi connectivity index (χ1) is 7.33. The second kappa shape index (κ2) is 7.04. The molecule has 0 bridgehead atoms. The summed E-state index contributed by atoms with van der Waals surface area (Å²) in [6.45, 7) is 3.15. The minimum atomic E-state index is 0.801. The van der Waals surface area contributed by atoms with E-state index in [1.165, 1.54) is 25.7 Å². The van der Waals surface area contributed by atoms with Crippen molar-refractivity contribution in [1.82, 2.24) is 0 Å². The number of hydrogen-bond acceptors (Lipinski definition) is 2. The average molecular weight is 204 g/mol. The Morgan fingerprint density at radius 1 is 1.13 bits per heavy atom. The lowest BCUT2D eigenvalue weighted by atomic mass is 10.2. The molecule has 0 aliphatic carbocycles. The van der Waals surface area contributed by atoms with Crippen LogP contribution in [-0.2, 0) is 0 Å². The van der Waals surface area contributed by atoms with Gasteiger partial charge in [0.2, 0.25) is 0 Å². The number of nitrogen functional groups attached to an aromatic ring is 1. The van der Waals surface area contributed by atoms with Crippen LogP contribution < -0.4 is 5.73 Å². The molecule has 0 heterocycles. The number of hydrogen-bond donors (Lipinski definition) is 1. The second-order valence-electron chi connectivity index (χ2n) is 3.76. The lowest BCUT2D eigenvalue weighted by Crippen LogP contribution is -1.87. The highest BCUT2D eigenvalue weighted by molar-refractivity contribution is 5.80. The van der Waals surface area contributed by atoms with Gasteiger partial charge in [-0.25, -0.2) is 0 Å². The normalized spacial score (nSPS) is 11.0. The van der Waals surface area contributed by atoms with E-state index in [9.17, 15) is 0 Å². The molecule has 1 aromatic rings. The summed E-state index contributed by atoms with van der Waals surface area (Å²) >= 11 is 0. The minimum absolute atomic E-state index is 0.801. The molecule has 1 rings (SSSR count). The third-order valence-electron chi connectivity index (χ3n) is 2.32. The van der Waals surface area contributed by atoms with Gasteiger partial charge in [-0.2, -0.15) is 0 Å². The van der Waals surface area contributed by atoms with Crippen LogP contribution >= 0.6 is 0 Å². The Bertz CT molecular complexity index is 288. The summed E-state index contributed by atoms with van der Waals surface area (Å²) in [6, 6.07) is 7.78. The molecular formula is C13H20N2. The van der Waals surface area contributed by atoms with Gasteiger partial charge in [0.15, 0.2) is 0 Å². The third-order valence-corrected chi connectivity index (χ3v) is 2.32. The Labute approximate surface area is 92.2 Å². The highest BCUT2D eigenvalue weighted by atomic mass is 14.7. The Morgan fingerprint density at radius 3 is 2.53 bits per heavy atom. The molecule has 0 atom stereocenters. The van der Waals surface area contributed by atoms with Gasteiger partial charge >= 0.3 is 0 Å². The maximum atomic E-state index is 5.59. The average Bonchev–Trinajstić information content (AvgIpc) is 2.26. The maximum Gasteiger partial charge on any atom is 0.0389 e. The number of rotatable bonds is 6. The van der Waals surface area contributed by atoms with E-state index in [2.05, 4.69) is 11.9 Å². The van der Waals surface area contributed by atoms with E-state index in [4.69, 9.17) is 5.73 Å². The van der Waals surface area contributed by atoms with Crippen LogP contribution in [0, 0.1) is 0 Å². The number of aliphatic imine (C=N–C) groups is 1. The monoisotopic (exact) mass is 204 g/mol. The van der Waals surface area contributed by atoms with E-state index in [0.29, 0.717) is 0 Å². The summed E-state index contributed by atoms with van der Waals surface area (Å²) in [5.74, 6) is 0. The van der Waals surface area contributed by atoms with Crippen LogP contribution in [0.15, 0.2) is 29.3 Å². The number of benzene rings is 1. The summed E-state index contributed by atoms with van der Waals surface area (Å²) in [7, 11) is 0. The van der Waals surface area contributed by atoms with Gasteiger partial charge in [-0.3, -0.25) is 4.99 Å². The number of unbranched alkanes of at least 4 members (excludes halogenated alkanes) is 3. The Kier molecular flexibility index (Phi) is 5.52. The van der Waals surface area contributed by atoms with Crippen molar-refractivity contribution < 1.29 is 0 Å². The number of anilines is 1. The first-order valence-corrected chi connectivity index (χ1v) is 5.68. The van der Waals surface area contributed by atoms with Gasteiger partial charge in [0, 0.05) is 18.4 Å². The third kappa shape index (κ3) is 5.21. The van der Waals surface area contributed by atoms with Crippen LogP contribution in [0.5, 0.6) is 0 Å². The van der Waals surface area contributed by atoms with Crippen LogP contribution in [0.2, 0.25) is 0 Å². The quantitative estimate of drug-likeness (QED) is 0.431.